The number of thiophene rings is 1. The lowest BCUT2D eigenvalue weighted by molar-refractivity contribution is 1.07. The third-order valence-electron chi connectivity index (χ3n) is 1.72. The molecule has 1 aromatic heterocycles. The first kappa shape index (κ1) is 7.80. The highest BCUT2D eigenvalue weighted by Crippen LogP contribution is 2.22. The van der Waals surface area contributed by atoms with Crippen LogP contribution in [0.1, 0.15) is 29.2 Å². The Kier molecular flexibility index (Phi) is 2.50. The molecule has 56 valence electrons. The van der Waals surface area contributed by atoms with E-state index in [0.29, 0.717) is 0 Å². The van der Waals surface area contributed by atoms with Gasteiger partial charge < -0.3 is 0 Å². The summed E-state index contributed by atoms with van der Waals surface area (Å²) in [6.07, 6.45) is 2.38. The van der Waals surface area contributed by atoms with Gasteiger partial charge in [0.2, 0.25) is 0 Å². The molecule has 0 spiro atoms. The molecule has 1 heterocycles. The smallest absolute Gasteiger partial charge is 0.00772 e. The lowest BCUT2D eigenvalue weighted by Gasteiger charge is -1.93. The zero-order valence-corrected chi connectivity index (χ0v) is 7.72. The zero-order valence-electron chi connectivity index (χ0n) is 6.90. The largest absolute Gasteiger partial charge is 0.145 e. The van der Waals surface area contributed by atoms with Crippen LogP contribution in [0.25, 0.3) is 0 Å². The predicted molar refractivity (Wildman–Crippen MR) is 47.8 cm³/mol. The second kappa shape index (κ2) is 3.20. The topological polar surface area (TPSA) is 0 Å². The van der Waals surface area contributed by atoms with E-state index in [4.69, 9.17) is 0 Å². The van der Waals surface area contributed by atoms with Crippen LogP contribution in [0.3, 0.4) is 0 Å². The Hall–Kier alpha value is -0.300. The molecule has 10 heavy (non-hydrogen) atoms. The molecule has 0 amide bonds. The molecule has 0 radical (unpaired) electrons. The van der Waals surface area contributed by atoms with Crippen LogP contribution in [0.4, 0.5) is 0 Å². The molecule has 0 nitrogen and oxygen atoms in total. The third kappa shape index (κ3) is 1.40. The van der Waals surface area contributed by atoms with E-state index in [2.05, 4.69) is 26.8 Å². The van der Waals surface area contributed by atoms with Crippen LogP contribution in [0.15, 0.2) is 6.07 Å². The van der Waals surface area contributed by atoms with Crippen LogP contribution in [0, 0.1) is 6.92 Å². The van der Waals surface area contributed by atoms with Crippen molar-refractivity contribution in [1.82, 2.24) is 0 Å². The lowest BCUT2D eigenvalue weighted by Crippen LogP contribution is -1.80. The maximum atomic E-state index is 2.31. The summed E-state index contributed by atoms with van der Waals surface area (Å²) >= 11 is 1.94. The lowest BCUT2D eigenvalue weighted by atomic mass is 10.2. The fourth-order valence-corrected chi connectivity index (χ4v) is 2.28. The number of hydrogen-bond acceptors (Lipinski definition) is 1. The maximum Gasteiger partial charge on any atom is 0.00772 e. The van der Waals surface area contributed by atoms with Gasteiger partial charge in [0.25, 0.3) is 0 Å². The van der Waals surface area contributed by atoms with Gasteiger partial charge >= 0.3 is 0 Å². The molecule has 0 aliphatic heterocycles. The van der Waals surface area contributed by atoms with Crippen molar-refractivity contribution >= 4 is 11.3 Å². The van der Waals surface area contributed by atoms with Crippen molar-refractivity contribution < 1.29 is 0 Å². The van der Waals surface area contributed by atoms with Gasteiger partial charge in [0, 0.05) is 9.75 Å². The van der Waals surface area contributed by atoms with Crippen LogP contribution in [0.5, 0.6) is 0 Å². The van der Waals surface area contributed by atoms with Crippen molar-refractivity contribution in [2.24, 2.45) is 0 Å². The molecule has 0 aliphatic carbocycles. The van der Waals surface area contributed by atoms with E-state index in [9.17, 15) is 0 Å². The van der Waals surface area contributed by atoms with Gasteiger partial charge in [-0.3, -0.25) is 0 Å². The van der Waals surface area contributed by atoms with Crippen molar-refractivity contribution in [3.05, 3.63) is 21.4 Å². The summed E-state index contributed by atoms with van der Waals surface area (Å²) < 4.78 is 0. The molecule has 0 saturated carbocycles. The molecule has 1 rings (SSSR count). The zero-order chi connectivity index (χ0) is 7.56. The summed E-state index contributed by atoms with van der Waals surface area (Å²) in [5.74, 6) is 0. The van der Waals surface area contributed by atoms with E-state index in [1.807, 2.05) is 11.3 Å². The molecule has 0 saturated heterocycles. The normalized spacial score (nSPS) is 10.3. The average molecular weight is 154 g/mol. The van der Waals surface area contributed by atoms with Crippen LogP contribution >= 0.6 is 11.3 Å². The summed E-state index contributed by atoms with van der Waals surface area (Å²) in [6, 6.07) is 2.31. The second-order valence-electron chi connectivity index (χ2n) is 2.51. The van der Waals surface area contributed by atoms with Gasteiger partial charge in [-0.25, -0.2) is 0 Å². The number of rotatable bonds is 2. The molecule has 0 fully saturated rings. The van der Waals surface area contributed by atoms with Crippen LogP contribution in [-0.2, 0) is 12.8 Å². The number of aryl methyl sites for hydroxylation is 3. The Labute approximate surface area is 66.9 Å². The molecular weight excluding hydrogens is 140 g/mol. The number of hydrogen-bond donors (Lipinski definition) is 0. The molecule has 0 aliphatic rings. The minimum absolute atomic E-state index is 1.19. The average Bonchev–Trinajstić information content (AvgIpc) is 2.30. The minimum atomic E-state index is 1.19. The summed E-state index contributed by atoms with van der Waals surface area (Å²) in [5.41, 5.74) is 1.55. The van der Waals surface area contributed by atoms with E-state index in [0.717, 1.165) is 0 Å². The van der Waals surface area contributed by atoms with Crippen LogP contribution in [-0.4, -0.2) is 0 Å². The third-order valence-corrected chi connectivity index (χ3v) is 2.96. The summed E-state index contributed by atoms with van der Waals surface area (Å²) in [7, 11) is 0. The highest BCUT2D eigenvalue weighted by atomic mass is 32.1. The van der Waals surface area contributed by atoms with Crippen LogP contribution < -0.4 is 0 Å². The fraction of sp³-hybridized carbons (Fsp3) is 0.556. The predicted octanol–water partition coefficient (Wildman–Crippen LogP) is 3.18. The van der Waals surface area contributed by atoms with Gasteiger partial charge in [-0.2, -0.15) is 0 Å². The van der Waals surface area contributed by atoms with Gasteiger partial charge in [0.05, 0.1) is 0 Å². The monoisotopic (exact) mass is 154 g/mol. The highest BCUT2D eigenvalue weighted by molar-refractivity contribution is 7.12. The van der Waals surface area contributed by atoms with E-state index in [-0.39, 0.29) is 0 Å². The Morgan fingerprint density at radius 1 is 1.30 bits per heavy atom. The Balaban J connectivity index is 2.96. The fourth-order valence-electron chi connectivity index (χ4n) is 1.21. The van der Waals surface area contributed by atoms with Crippen molar-refractivity contribution in [3.63, 3.8) is 0 Å². The van der Waals surface area contributed by atoms with E-state index in [1.54, 1.807) is 10.4 Å². The van der Waals surface area contributed by atoms with Crippen molar-refractivity contribution in [2.45, 2.75) is 33.6 Å². The Morgan fingerprint density at radius 3 is 2.40 bits per heavy atom. The maximum absolute atomic E-state index is 2.31. The van der Waals surface area contributed by atoms with Gasteiger partial charge in [0.1, 0.15) is 0 Å². The highest BCUT2D eigenvalue weighted by Gasteiger charge is 2.01. The standard InChI is InChI=1S/C9H14S/c1-4-8-6-7(3)10-9(8)5-2/h6H,4-5H2,1-3H3. The molecule has 0 bridgehead atoms. The Bertz CT molecular complexity index is 189. The van der Waals surface area contributed by atoms with E-state index >= 15 is 0 Å². The Morgan fingerprint density at radius 2 is 2.00 bits per heavy atom. The summed E-state index contributed by atoms with van der Waals surface area (Å²) in [4.78, 5) is 3.02. The van der Waals surface area contributed by atoms with Gasteiger partial charge in [0.15, 0.2) is 0 Å². The van der Waals surface area contributed by atoms with Crippen molar-refractivity contribution in [1.29, 1.82) is 0 Å². The van der Waals surface area contributed by atoms with Gasteiger partial charge in [-0.05, 0) is 31.4 Å². The van der Waals surface area contributed by atoms with E-state index in [1.165, 1.54) is 17.7 Å². The molecule has 0 unspecified atom stereocenters. The van der Waals surface area contributed by atoms with E-state index < -0.39 is 0 Å². The molecule has 0 atom stereocenters. The SMILES string of the molecule is CCc1cc(C)sc1CC. The molecule has 1 heteroatoms. The van der Waals surface area contributed by atoms with Crippen LogP contribution in [0.2, 0.25) is 0 Å². The first-order chi connectivity index (χ1) is 4.77. The van der Waals surface area contributed by atoms with Crippen molar-refractivity contribution in [3.8, 4) is 0 Å². The molecule has 1 aromatic rings. The van der Waals surface area contributed by atoms with Gasteiger partial charge in [-0.1, -0.05) is 13.8 Å². The first-order valence-electron chi connectivity index (χ1n) is 3.86. The molecule has 0 N–H and O–H groups in total. The quantitative estimate of drug-likeness (QED) is 0.613. The van der Waals surface area contributed by atoms with Gasteiger partial charge in [-0.15, -0.1) is 11.3 Å². The summed E-state index contributed by atoms with van der Waals surface area (Å²) in [5, 5.41) is 0. The second-order valence-corrected chi connectivity index (χ2v) is 3.85. The molecule has 0 aromatic carbocycles. The minimum Gasteiger partial charge on any atom is -0.145 e. The molecular formula is C9H14S. The first-order valence-corrected chi connectivity index (χ1v) is 4.67. The van der Waals surface area contributed by atoms with Crippen molar-refractivity contribution in [2.75, 3.05) is 0 Å². The summed E-state index contributed by atoms with van der Waals surface area (Å²) in [6.45, 7) is 6.63.